The lowest BCUT2D eigenvalue weighted by Crippen LogP contribution is -2.32. The summed E-state index contributed by atoms with van der Waals surface area (Å²) in [6.45, 7) is 6.13. The van der Waals surface area contributed by atoms with Crippen LogP contribution in [0.1, 0.15) is 44.2 Å². The predicted octanol–water partition coefficient (Wildman–Crippen LogP) is 5.12. The second-order valence-electron chi connectivity index (χ2n) is 7.78. The molecule has 0 aromatic heterocycles. The van der Waals surface area contributed by atoms with E-state index in [1.165, 1.54) is 5.56 Å². The van der Waals surface area contributed by atoms with Crippen LogP contribution in [0.4, 0.5) is 0 Å². The van der Waals surface area contributed by atoms with Crippen molar-refractivity contribution in [2.24, 2.45) is 5.92 Å². The summed E-state index contributed by atoms with van der Waals surface area (Å²) in [7, 11) is 3.28. The molecule has 0 aliphatic heterocycles. The molecule has 2 aromatic carbocycles. The minimum Gasteiger partial charge on any atom is -0.497 e. The molecule has 0 radical (unpaired) electrons. The minimum atomic E-state index is -0.562. The van der Waals surface area contributed by atoms with Gasteiger partial charge in [0.2, 0.25) is 0 Å². The van der Waals surface area contributed by atoms with Crippen molar-refractivity contribution in [2.75, 3.05) is 27.3 Å². The topological polar surface area (TPSA) is 54.3 Å². The van der Waals surface area contributed by atoms with Gasteiger partial charge in [-0.1, -0.05) is 44.2 Å². The summed E-state index contributed by atoms with van der Waals surface area (Å²) >= 11 is 0. The molecule has 2 rings (SSSR count). The molecule has 0 saturated heterocycles. The lowest BCUT2D eigenvalue weighted by molar-refractivity contribution is 0.348. The van der Waals surface area contributed by atoms with Crippen LogP contribution in [0.2, 0.25) is 0 Å². The number of aryl methyl sites for hydroxylation is 1. The van der Waals surface area contributed by atoms with Gasteiger partial charge in [-0.15, -0.1) is 0 Å². The molecule has 29 heavy (non-hydrogen) atoms. The van der Waals surface area contributed by atoms with Gasteiger partial charge in [0.05, 0.1) is 25.7 Å². The SMILES string of the molecule is COc1cc(OC)cc(C(C#N)(CCCNCCCc2ccccc2)C(C)C)c1. The third kappa shape index (κ3) is 6.24. The molecule has 0 saturated carbocycles. The Kier molecular flexibility index (Phi) is 9.02. The molecule has 0 fully saturated rings. The largest absolute Gasteiger partial charge is 0.497 e. The highest BCUT2D eigenvalue weighted by Gasteiger charge is 2.36. The van der Waals surface area contributed by atoms with Crippen LogP contribution < -0.4 is 14.8 Å². The van der Waals surface area contributed by atoms with Crippen LogP contribution in [0.25, 0.3) is 0 Å². The average molecular weight is 395 g/mol. The summed E-state index contributed by atoms with van der Waals surface area (Å²) in [5, 5.41) is 13.7. The summed E-state index contributed by atoms with van der Waals surface area (Å²) in [5.41, 5.74) is 1.79. The first-order valence-electron chi connectivity index (χ1n) is 10.4. The number of hydrogen-bond donors (Lipinski definition) is 1. The monoisotopic (exact) mass is 394 g/mol. The van der Waals surface area contributed by atoms with Crippen LogP contribution in [0, 0.1) is 17.2 Å². The Morgan fingerprint density at radius 2 is 1.59 bits per heavy atom. The summed E-state index contributed by atoms with van der Waals surface area (Å²) in [6.07, 6.45) is 3.94. The fourth-order valence-corrected chi connectivity index (χ4v) is 3.76. The minimum absolute atomic E-state index is 0.183. The van der Waals surface area contributed by atoms with E-state index in [9.17, 15) is 5.26 Å². The van der Waals surface area contributed by atoms with Gasteiger partial charge in [0.15, 0.2) is 0 Å². The number of rotatable bonds is 12. The second-order valence-corrected chi connectivity index (χ2v) is 7.78. The van der Waals surface area contributed by atoms with Gasteiger partial charge in [-0.3, -0.25) is 0 Å². The lowest BCUT2D eigenvalue weighted by Gasteiger charge is -2.32. The van der Waals surface area contributed by atoms with Crippen molar-refractivity contribution in [1.82, 2.24) is 5.32 Å². The number of hydrogen-bond acceptors (Lipinski definition) is 4. The molecule has 4 heteroatoms. The van der Waals surface area contributed by atoms with E-state index < -0.39 is 5.41 Å². The molecule has 0 aliphatic rings. The van der Waals surface area contributed by atoms with Crippen LogP contribution in [-0.2, 0) is 11.8 Å². The van der Waals surface area contributed by atoms with E-state index in [-0.39, 0.29) is 5.92 Å². The highest BCUT2D eigenvalue weighted by molar-refractivity contribution is 5.45. The van der Waals surface area contributed by atoms with Gasteiger partial charge >= 0.3 is 0 Å². The van der Waals surface area contributed by atoms with Gasteiger partial charge in [-0.2, -0.15) is 5.26 Å². The fraction of sp³-hybridized carbons (Fsp3) is 0.480. The summed E-state index contributed by atoms with van der Waals surface area (Å²) in [5.74, 6) is 1.62. The maximum Gasteiger partial charge on any atom is 0.122 e. The van der Waals surface area contributed by atoms with E-state index in [1.807, 2.05) is 18.2 Å². The van der Waals surface area contributed by atoms with Gasteiger partial charge < -0.3 is 14.8 Å². The standard InChI is InChI=1S/C25H34N2O2/c1-20(2)25(19-26,22-16-23(28-3)18-24(17-22)29-4)13-9-15-27-14-8-12-21-10-6-5-7-11-21/h5-7,10-11,16-18,20,27H,8-9,12-15H2,1-4H3. The molecule has 0 bridgehead atoms. The van der Waals surface area contributed by atoms with Crippen molar-refractivity contribution in [3.05, 3.63) is 59.7 Å². The molecule has 0 heterocycles. The second kappa shape index (κ2) is 11.5. The molecule has 0 spiro atoms. The van der Waals surface area contributed by atoms with Crippen LogP contribution in [0.5, 0.6) is 11.5 Å². The molecular formula is C25H34N2O2. The van der Waals surface area contributed by atoms with Crippen molar-refractivity contribution in [2.45, 2.75) is 44.9 Å². The molecule has 2 aromatic rings. The van der Waals surface area contributed by atoms with Crippen molar-refractivity contribution in [3.8, 4) is 17.6 Å². The Balaban J connectivity index is 1.93. The zero-order valence-corrected chi connectivity index (χ0v) is 18.2. The van der Waals surface area contributed by atoms with Crippen molar-refractivity contribution >= 4 is 0 Å². The maximum absolute atomic E-state index is 10.1. The summed E-state index contributed by atoms with van der Waals surface area (Å²) < 4.78 is 10.8. The number of ether oxygens (including phenoxy) is 2. The third-order valence-electron chi connectivity index (χ3n) is 5.64. The van der Waals surface area contributed by atoms with Gasteiger partial charge in [0.25, 0.3) is 0 Å². The first kappa shape index (κ1) is 22.8. The number of methoxy groups -OCH3 is 2. The van der Waals surface area contributed by atoms with E-state index in [1.54, 1.807) is 14.2 Å². The third-order valence-corrected chi connectivity index (χ3v) is 5.64. The highest BCUT2D eigenvalue weighted by Crippen LogP contribution is 2.39. The van der Waals surface area contributed by atoms with Crippen LogP contribution in [-0.4, -0.2) is 27.3 Å². The quantitative estimate of drug-likeness (QED) is 0.508. The molecule has 4 nitrogen and oxygen atoms in total. The van der Waals surface area contributed by atoms with E-state index >= 15 is 0 Å². The van der Waals surface area contributed by atoms with Crippen LogP contribution in [0.15, 0.2) is 48.5 Å². The number of benzene rings is 2. The number of nitrogens with zero attached hydrogens (tertiary/aromatic N) is 1. The Hall–Kier alpha value is -2.51. The van der Waals surface area contributed by atoms with E-state index in [4.69, 9.17) is 9.47 Å². The molecule has 1 atom stereocenters. The first-order chi connectivity index (χ1) is 14.1. The molecular weight excluding hydrogens is 360 g/mol. The van der Waals surface area contributed by atoms with Crippen molar-refractivity contribution in [1.29, 1.82) is 5.26 Å². The molecule has 0 amide bonds. The average Bonchev–Trinajstić information content (AvgIpc) is 2.76. The normalized spacial score (nSPS) is 13.0. The van der Waals surface area contributed by atoms with Crippen LogP contribution in [0.3, 0.4) is 0 Å². The fourth-order valence-electron chi connectivity index (χ4n) is 3.76. The van der Waals surface area contributed by atoms with E-state index in [0.29, 0.717) is 0 Å². The van der Waals surface area contributed by atoms with Crippen molar-refractivity contribution in [3.63, 3.8) is 0 Å². The van der Waals surface area contributed by atoms with E-state index in [2.05, 4.69) is 55.6 Å². The van der Waals surface area contributed by atoms with E-state index in [0.717, 1.165) is 55.8 Å². The molecule has 0 aliphatic carbocycles. The van der Waals surface area contributed by atoms with Gasteiger partial charge in [0, 0.05) is 6.07 Å². The van der Waals surface area contributed by atoms with Gasteiger partial charge in [-0.05, 0) is 68.0 Å². The lowest BCUT2D eigenvalue weighted by atomic mass is 9.69. The Bertz CT molecular complexity index is 761. The Morgan fingerprint density at radius 3 is 2.14 bits per heavy atom. The summed E-state index contributed by atoms with van der Waals surface area (Å²) in [6, 6.07) is 19.0. The molecule has 1 unspecified atom stereocenters. The Labute approximate surface area is 175 Å². The predicted molar refractivity (Wildman–Crippen MR) is 119 cm³/mol. The first-order valence-corrected chi connectivity index (χ1v) is 10.4. The maximum atomic E-state index is 10.1. The zero-order valence-electron chi connectivity index (χ0n) is 18.2. The van der Waals surface area contributed by atoms with Crippen molar-refractivity contribution < 1.29 is 9.47 Å². The highest BCUT2D eigenvalue weighted by atomic mass is 16.5. The Morgan fingerprint density at radius 1 is 0.966 bits per heavy atom. The van der Waals surface area contributed by atoms with Gasteiger partial charge in [0.1, 0.15) is 11.5 Å². The summed E-state index contributed by atoms with van der Waals surface area (Å²) in [4.78, 5) is 0. The number of nitrogens with one attached hydrogen (secondary N) is 1. The van der Waals surface area contributed by atoms with Gasteiger partial charge in [-0.25, -0.2) is 0 Å². The van der Waals surface area contributed by atoms with Crippen LogP contribution >= 0.6 is 0 Å². The number of nitriles is 1. The zero-order chi connectivity index (χ0) is 21.1. The molecule has 156 valence electrons. The smallest absolute Gasteiger partial charge is 0.122 e. The molecule has 1 N–H and O–H groups in total.